The Balaban J connectivity index is 2.52. The molecule has 2 rings (SSSR count). The number of rotatable bonds is 2. The summed E-state index contributed by atoms with van der Waals surface area (Å²) in [7, 11) is 0. The summed E-state index contributed by atoms with van der Waals surface area (Å²) in [6, 6.07) is 0. The first-order chi connectivity index (χ1) is 8.93. The molecule has 1 saturated heterocycles. The second kappa shape index (κ2) is 4.60. The largest absolute Gasteiger partial charge is 0.394 e. The minimum Gasteiger partial charge on any atom is -0.394 e. The molecular weight excluding hydrogens is 258 g/mol. The van der Waals surface area contributed by atoms with Gasteiger partial charge < -0.3 is 20.1 Å². The Kier molecular flexibility index (Phi) is 3.25. The van der Waals surface area contributed by atoms with E-state index in [4.69, 9.17) is 16.3 Å². The van der Waals surface area contributed by atoms with Crippen molar-refractivity contribution < 1.29 is 20.1 Å². The Morgan fingerprint density at radius 3 is 2.84 bits per heavy atom. The zero-order valence-electron chi connectivity index (χ0n) is 9.55. The summed E-state index contributed by atoms with van der Waals surface area (Å²) in [5, 5.41) is 32.5. The molecule has 2 unspecified atom stereocenters. The van der Waals surface area contributed by atoms with E-state index in [1.165, 1.54) is 0 Å². The highest BCUT2D eigenvalue weighted by Gasteiger charge is 2.56. The molecule has 9 heteroatoms. The number of nitrogens with zero attached hydrogens (tertiary/aromatic N) is 2. The normalized spacial score (nSPS) is 34.1. The van der Waals surface area contributed by atoms with E-state index >= 15 is 0 Å². The number of hydrogen-bond donors (Lipinski definition) is 4. The number of H-pyrrole nitrogens is 1. The molecule has 2 heterocycles. The molecule has 102 valence electrons. The summed E-state index contributed by atoms with van der Waals surface area (Å²) < 4.78 is 5.72. The molecule has 0 aliphatic carbocycles. The number of ether oxygens (including phenoxy) is 1. The standard InChI is InChI=1S/C10H11N3O6/c1-2-10(18)7(16)5(4-14)19-8(10)13-9(17)12-6(15)3-11-13/h1,3,5,7-8,14,16,18H,4H2,(H,12,15,17)/t5-,7?,8-,10?/m1/s1. The van der Waals surface area contributed by atoms with Crippen LogP contribution in [-0.4, -0.2) is 54.5 Å². The lowest BCUT2D eigenvalue weighted by Crippen LogP contribution is -2.48. The topological polar surface area (TPSA) is 138 Å². The molecule has 1 aliphatic heterocycles. The predicted octanol–water partition coefficient (Wildman–Crippen LogP) is -3.45. The second-order valence-corrected chi connectivity index (χ2v) is 4.01. The molecule has 1 fully saturated rings. The van der Waals surface area contributed by atoms with Gasteiger partial charge in [0.2, 0.25) is 5.60 Å². The summed E-state index contributed by atoms with van der Waals surface area (Å²) in [6.45, 7) is -0.611. The van der Waals surface area contributed by atoms with Crippen LogP contribution >= 0.6 is 0 Å². The fourth-order valence-corrected chi connectivity index (χ4v) is 1.85. The summed E-state index contributed by atoms with van der Waals surface area (Å²) in [6.07, 6.45) is 1.64. The van der Waals surface area contributed by atoms with Crippen molar-refractivity contribution in [3.63, 3.8) is 0 Å². The van der Waals surface area contributed by atoms with Crippen LogP contribution in [0.2, 0.25) is 0 Å². The Hall–Kier alpha value is -1.99. The van der Waals surface area contributed by atoms with Crippen molar-refractivity contribution in [2.75, 3.05) is 6.61 Å². The Morgan fingerprint density at radius 2 is 2.32 bits per heavy atom. The summed E-state index contributed by atoms with van der Waals surface area (Å²) in [4.78, 5) is 24.4. The molecule has 0 aromatic carbocycles. The maximum atomic E-state index is 11.6. The summed E-state index contributed by atoms with van der Waals surface area (Å²) in [5.74, 6) is 1.92. The fraction of sp³-hybridized carbons (Fsp3) is 0.500. The van der Waals surface area contributed by atoms with Gasteiger partial charge >= 0.3 is 5.69 Å². The molecular formula is C10H11N3O6. The van der Waals surface area contributed by atoms with Gasteiger partial charge in [-0.15, -0.1) is 6.42 Å². The van der Waals surface area contributed by atoms with Crippen molar-refractivity contribution >= 4 is 0 Å². The van der Waals surface area contributed by atoms with Gasteiger partial charge in [0.25, 0.3) is 5.56 Å². The maximum absolute atomic E-state index is 11.6. The van der Waals surface area contributed by atoms with Gasteiger partial charge in [0.1, 0.15) is 18.4 Å². The molecule has 0 amide bonds. The van der Waals surface area contributed by atoms with Gasteiger partial charge in [0.05, 0.1) is 6.61 Å². The third-order valence-electron chi connectivity index (χ3n) is 2.85. The minimum absolute atomic E-state index is 0.597. The third kappa shape index (κ3) is 1.96. The number of aromatic amines is 1. The highest BCUT2D eigenvalue weighted by atomic mass is 16.6. The highest BCUT2D eigenvalue weighted by Crippen LogP contribution is 2.36. The van der Waals surface area contributed by atoms with Crippen LogP contribution in [0.15, 0.2) is 15.8 Å². The van der Waals surface area contributed by atoms with Gasteiger partial charge in [-0.1, -0.05) is 5.92 Å². The Morgan fingerprint density at radius 1 is 1.63 bits per heavy atom. The number of nitrogens with one attached hydrogen (secondary N) is 1. The molecule has 9 nitrogen and oxygen atoms in total. The molecule has 0 saturated carbocycles. The lowest BCUT2D eigenvalue weighted by Gasteiger charge is -2.25. The van der Waals surface area contributed by atoms with E-state index < -0.39 is 41.9 Å². The first-order valence-electron chi connectivity index (χ1n) is 5.26. The highest BCUT2D eigenvalue weighted by molar-refractivity contribution is 5.18. The fourth-order valence-electron chi connectivity index (χ4n) is 1.85. The van der Waals surface area contributed by atoms with Crippen molar-refractivity contribution in [3.05, 3.63) is 27.0 Å². The van der Waals surface area contributed by atoms with Crippen molar-refractivity contribution in [2.24, 2.45) is 0 Å². The van der Waals surface area contributed by atoms with Crippen molar-refractivity contribution in [2.45, 2.75) is 24.0 Å². The monoisotopic (exact) mass is 269 g/mol. The van der Waals surface area contributed by atoms with Crippen LogP contribution in [0.3, 0.4) is 0 Å². The molecule has 0 bridgehead atoms. The molecule has 1 aromatic rings. The molecule has 4 atom stereocenters. The number of hydrogen-bond acceptors (Lipinski definition) is 7. The van der Waals surface area contributed by atoms with Crippen LogP contribution in [0.25, 0.3) is 0 Å². The van der Waals surface area contributed by atoms with E-state index in [1.807, 2.05) is 10.9 Å². The van der Waals surface area contributed by atoms with Gasteiger partial charge in [-0.05, 0) is 0 Å². The zero-order valence-corrected chi connectivity index (χ0v) is 9.55. The van der Waals surface area contributed by atoms with Crippen LogP contribution in [0.5, 0.6) is 0 Å². The van der Waals surface area contributed by atoms with Gasteiger partial charge in [0.15, 0.2) is 6.23 Å². The number of aromatic nitrogens is 3. The van der Waals surface area contributed by atoms with Crippen LogP contribution in [0.1, 0.15) is 6.23 Å². The Labute approximate surface area is 106 Å². The number of aliphatic hydroxyl groups is 3. The van der Waals surface area contributed by atoms with Crippen molar-refractivity contribution in [1.29, 1.82) is 0 Å². The van der Waals surface area contributed by atoms with E-state index in [0.29, 0.717) is 4.68 Å². The smallest absolute Gasteiger partial charge is 0.347 e. The van der Waals surface area contributed by atoms with Gasteiger partial charge in [-0.2, -0.15) is 9.78 Å². The van der Waals surface area contributed by atoms with Gasteiger partial charge in [-0.25, -0.2) is 4.79 Å². The summed E-state index contributed by atoms with van der Waals surface area (Å²) in [5.41, 5.74) is -3.94. The van der Waals surface area contributed by atoms with Gasteiger partial charge in [-0.3, -0.25) is 9.78 Å². The quantitative estimate of drug-likeness (QED) is 0.409. The molecule has 0 radical (unpaired) electrons. The third-order valence-corrected chi connectivity index (χ3v) is 2.85. The molecule has 19 heavy (non-hydrogen) atoms. The lowest BCUT2D eigenvalue weighted by atomic mass is 9.95. The molecule has 1 aliphatic rings. The zero-order chi connectivity index (χ0) is 14.2. The van der Waals surface area contributed by atoms with Crippen LogP contribution < -0.4 is 11.2 Å². The molecule has 1 aromatic heterocycles. The predicted molar refractivity (Wildman–Crippen MR) is 59.9 cm³/mol. The van der Waals surface area contributed by atoms with E-state index in [0.717, 1.165) is 6.20 Å². The second-order valence-electron chi connectivity index (χ2n) is 4.01. The average Bonchev–Trinajstić information content (AvgIpc) is 2.63. The van der Waals surface area contributed by atoms with Crippen molar-refractivity contribution in [1.82, 2.24) is 14.8 Å². The molecule has 0 spiro atoms. The Bertz CT molecular complexity index is 631. The van der Waals surface area contributed by atoms with E-state index in [2.05, 4.69) is 5.10 Å². The maximum Gasteiger partial charge on any atom is 0.347 e. The lowest BCUT2D eigenvalue weighted by molar-refractivity contribution is -0.0837. The van der Waals surface area contributed by atoms with Crippen LogP contribution in [0.4, 0.5) is 0 Å². The SMILES string of the molecule is C#CC1(O)C(O)[C@@H](CO)O[C@H]1n1ncc(=O)[nH]c1=O. The first kappa shape index (κ1) is 13.4. The number of aliphatic hydroxyl groups excluding tert-OH is 2. The van der Waals surface area contributed by atoms with E-state index in [9.17, 15) is 19.8 Å². The molecule has 4 N–H and O–H groups in total. The van der Waals surface area contributed by atoms with Crippen LogP contribution in [-0.2, 0) is 4.74 Å². The van der Waals surface area contributed by atoms with E-state index in [1.54, 1.807) is 0 Å². The van der Waals surface area contributed by atoms with E-state index in [-0.39, 0.29) is 0 Å². The average molecular weight is 269 g/mol. The number of terminal acetylenes is 1. The van der Waals surface area contributed by atoms with Gasteiger partial charge in [0, 0.05) is 0 Å². The van der Waals surface area contributed by atoms with Crippen LogP contribution in [0, 0.1) is 12.3 Å². The summed E-state index contributed by atoms with van der Waals surface area (Å²) >= 11 is 0. The minimum atomic E-state index is -2.25. The first-order valence-corrected chi connectivity index (χ1v) is 5.26. The van der Waals surface area contributed by atoms with Crippen molar-refractivity contribution in [3.8, 4) is 12.3 Å².